The third kappa shape index (κ3) is 4.30. The van der Waals surface area contributed by atoms with E-state index in [0.29, 0.717) is 6.10 Å². The van der Waals surface area contributed by atoms with E-state index < -0.39 is 0 Å². The lowest BCUT2D eigenvalue weighted by molar-refractivity contribution is 0.0948. The lowest BCUT2D eigenvalue weighted by Gasteiger charge is -2.16. The molecule has 1 fully saturated rings. The van der Waals surface area contributed by atoms with Gasteiger partial charge in [0.05, 0.1) is 12.2 Å². The van der Waals surface area contributed by atoms with Crippen LogP contribution in [0.2, 0.25) is 0 Å². The third-order valence-corrected chi connectivity index (χ3v) is 5.33. The summed E-state index contributed by atoms with van der Waals surface area (Å²) in [6.45, 7) is 7.57. The number of hydrogen-bond donors (Lipinski definition) is 1. The van der Waals surface area contributed by atoms with E-state index in [1.54, 1.807) is 11.3 Å². The Hall–Kier alpha value is -0.380. The molecule has 1 saturated heterocycles. The minimum Gasteiger partial charge on any atom is -0.388 e. The van der Waals surface area contributed by atoms with Crippen molar-refractivity contribution in [3.05, 3.63) is 21.9 Å². The van der Waals surface area contributed by atoms with Crippen molar-refractivity contribution in [3.63, 3.8) is 0 Å². The number of hydrogen-bond acceptors (Lipinski definition) is 3. The van der Waals surface area contributed by atoms with Crippen molar-refractivity contribution in [1.29, 1.82) is 0 Å². The van der Waals surface area contributed by atoms with Crippen LogP contribution in [0, 0.1) is 0 Å². The molecule has 1 aromatic heterocycles. The summed E-state index contributed by atoms with van der Waals surface area (Å²) in [5, 5.41) is 10.2. The Kier molecular flexibility index (Phi) is 5.04. The average molecular weight is 282 g/mol. The van der Waals surface area contributed by atoms with Crippen LogP contribution in [0.25, 0.3) is 0 Å². The maximum atomic E-state index is 10.2. The molecule has 1 aromatic rings. The predicted molar refractivity (Wildman–Crippen MR) is 80.8 cm³/mol. The van der Waals surface area contributed by atoms with Gasteiger partial charge in [-0.15, -0.1) is 11.3 Å². The highest BCUT2D eigenvalue weighted by atomic mass is 32.1. The molecule has 3 heteroatoms. The molecule has 2 nitrogen and oxygen atoms in total. The molecule has 2 rings (SSSR count). The van der Waals surface area contributed by atoms with Crippen molar-refractivity contribution in [2.24, 2.45) is 0 Å². The van der Waals surface area contributed by atoms with Gasteiger partial charge < -0.3 is 9.84 Å². The maximum absolute atomic E-state index is 10.2. The average Bonchev–Trinajstić information content (AvgIpc) is 2.99. The van der Waals surface area contributed by atoms with Gasteiger partial charge in [-0.3, -0.25) is 0 Å². The molecule has 2 heterocycles. The van der Waals surface area contributed by atoms with Crippen LogP contribution in [0.15, 0.2) is 12.1 Å². The number of aliphatic hydroxyl groups is 1. The monoisotopic (exact) mass is 282 g/mol. The lowest BCUT2D eigenvalue weighted by Crippen LogP contribution is -2.08. The van der Waals surface area contributed by atoms with E-state index in [9.17, 15) is 5.11 Å². The van der Waals surface area contributed by atoms with Crippen LogP contribution in [-0.4, -0.2) is 17.8 Å². The molecule has 0 radical (unpaired) electrons. The first kappa shape index (κ1) is 15.0. The lowest BCUT2D eigenvalue weighted by atomic mass is 9.95. The van der Waals surface area contributed by atoms with Gasteiger partial charge in [0, 0.05) is 16.4 Å². The van der Waals surface area contributed by atoms with Crippen molar-refractivity contribution >= 4 is 11.3 Å². The van der Waals surface area contributed by atoms with Crippen LogP contribution in [0.1, 0.15) is 68.7 Å². The number of thiophene rings is 1. The van der Waals surface area contributed by atoms with Crippen molar-refractivity contribution < 1.29 is 9.84 Å². The molecular weight excluding hydrogens is 256 g/mol. The second kappa shape index (κ2) is 6.38. The molecule has 2 unspecified atom stereocenters. The van der Waals surface area contributed by atoms with Crippen molar-refractivity contribution in [3.8, 4) is 0 Å². The van der Waals surface area contributed by atoms with E-state index in [2.05, 4.69) is 32.9 Å². The quantitative estimate of drug-likeness (QED) is 0.865. The molecule has 108 valence electrons. The highest BCUT2D eigenvalue weighted by Gasteiger charge is 2.20. The van der Waals surface area contributed by atoms with Crippen LogP contribution < -0.4 is 0 Å². The summed E-state index contributed by atoms with van der Waals surface area (Å²) in [6.07, 6.45) is 5.53. The highest BCUT2D eigenvalue weighted by molar-refractivity contribution is 7.12. The van der Waals surface area contributed by atoms with E-state index in [0.717, 1.165) is 30.7 Å². The molecule has 1 aliphatic rings. The minimum absolute atomic E-state index is 0.181. The van der Waals surface area contributed by atoms with Crippen molar-refractivity contribution in [2.45, 2.75) is 70.5 Å². The van der Waals surface area contributed by atoms with E-state index in [1.807, 2.05) is 0 Å². The van der Waals surface area contributed by atoms with Gasteiger partial charge in [-0.25, -0.2) is 0 Å². The second-order valence-electron chi connectivity index (χ2n) is 6.53. The molecule has 0 spiro atoms. The summed E-state index contributed by atoms with van der Waals surface area (Å²) in [6, 6.07) is 4.24. The molecule has 1 N–H and O–H groups in total. The molecule has 0 aliphatic carbocycles. The summed E-state index contributed by atoms with van der Waals surface area (Å²) in [5.41, 5.74) is 0.181. The summed E-state index contributed by atoms with van der Waals surface area (Å²) in [5.74, 6) is 0. The topological polar surface area (TPSA) is 29.5 Å². The Morgan fingerprint density at radius 1 is 1.42 bits per heavy atom. The zero-order chi connectivity index (χ0) is 13.9. The third-order valence-electron chi connectivity index (χ3n) is 3.72. The van der Waals surface area contributed by atoms with Crippen LogP contribution in [0.3, 0.4) is 0 Å². The van der Waals surface area contributed by atoms with Gasteiger partial charge in [0.2, 0.25) is 0 Å². The number of rotatable bonds is 5. The van der Waals surface area contributed by atoms with Gasteiger partial charge in [0.15, 0.2) is 0 Å². The highest BCUT2D eigenvalue weighted by Crippen LogP contribution is 2.34. The number of ether oxygens (including phenoxy) is 1. The summed E-state index contributed by atoms with van der Waals surface area (Å²) < 4.78 is 5.61. The summed E-state index contributed by atoms with van der Waals surface area (Å²) in [7, 11) is 0. The zero-order valence-electron chi connectivity index (χ0n) is 12.3. The molecule has 0 amide bonds. The Morgan fingerprint density at radius 2 is 2.21 bits per heavy atom. The van der Waals surface area contributed by atoms with Crippen LogP contribution in [0.4, 0.5) is 0 Å². The Labute approximate surface area is 120 Å². The Morgan fingerprint density at radius 3 is 2.79 bits per heavy atom. The SMILES string of the molecule is CC(C)(C)c1ccc(C(O)CCCC2CCCO2)s1. The Balaban J connectivity index is 1.79. The van der Waals surface area contributed by atoms with E-state index in [1.165, 1.54) is 17.7 Å². The molecule has 0 bridgehead atoms. The van der Waals surface area contributed by atoms with Crippen LogP contribution in [0.5, 0.6) is 0 Å². The normalized spacial score (nSPS) is 21.8. The van der Waals surface area contributed by atoms with E-state index >= 15 is 0 Å². The van der Waals surface area contributed by atoms with E-state index in [4.69, 9.17) is 4.74 Å². The number of aliphatic hydroxyl groups excluding tert-OH is 1. The minimum atomic E-state index is -0.303. The van der Waals surface area contributed by atoms with Gasteiger partial charge in [-0.05, 0) is 49.7 Å². The van der Waals surface area contributed by atoms with Gasteiger partial charge >= 0.3 is 0 Å². The first-order chi connectivity index (χ1) is 8.97. The van der Waals surface area contributed by atoms with Crippen LogP contribution in [-0.2, 0) is 10.2 Å². The van der Waals surface area contributed by atoms with Gasteiger partial charge in [-0.2, -0.15) is 0 Å². The van der Waals surface area contributed by atoms with Gasteiger partial charge in [0.25, 0.3) is 0 Å². The summed E-state index contributed by atoms with van der Waals surface area (Å²) in [4.78, 5) is 2.46. The van der Waals surface area contributed by atoms with Crippen LogP contribution >= 0.6 is 11.3 Å². The van der Waals surface area contributed by atoms with E-state index in [-0.39, 0.29) is 11.5 Å². The van der Waals surface area contributed by atoms with Gasteiger partial charge in [-0.1, -0.05) is 20.8 Å². The molecule has 1 aliphatic heterocycles. The van der Waals surface area contributed by atoms with Crippen molar-refractivity contribution in [1.82, 2.24) is 0 Å². The first-order valence-corrected chi connectivity index (χ1v) is 8.18. The fourth-order valence-corrected chi connectivity index (χ4v) is 3.57. The molecule has 0 saturated carbocycles. The zero-order valence-corrected chi connectivity index (χ0v) is 13.1. The maximum Gasteiger partial charge on any atom is 0.0882 e. The molecule has 0 aromatic carbocycles. The largest absolute Gasteiger partial charge is 0.388 e. The fourth-order valence-electron chi connectivity index (χ4n) is 2.49. The standard InChI is InChI=1S/C16H26O2S/c1-16(2,3)15-10-9-14(19-15)13(17)8-4-6-12-7-5-11-18-12/h9-10,12-13,17H,4-8,11H2,1-3H3. The molecular formula is C16H26O2S. The molecule has 2 atom stereocenters. The Bertz CT molecular complexity index is 386. The van der Waals surface area contributed by atoms with Gasteiger partial charge in [0.1, 0.15) is 0 Å². The summed E-state index contributed by atoms with van der Waals surface area (Å²) >= 11 is 1.75. The predicted octanol–water partition coefficient (Wildman–Crippen LogP) is 4.43. The fraction of sp³-hybridized carbons (Fsp3) is 0.750. The smallest absolute Gasteiger partial charge is 0.0882 e. The second-order valence-corrected chi connectivity index (χ2v) is 7.65. The first-order valence-electron chi connectivity index (χ1n) is 7.36. The molecule has 19 heavy (non-hydrogen) atoms. The van der Waals surface area contributed by atoms with Crippen molar-refractivity contribution in [2.75, 3.05) is 6.61 Å².